The predicted octanol–water partition coefficient (Wildman–Crippen LogP) is 2.99. The fraction of sp³-hybridized carbons (Fsp3) is 0.533. The van der Waals surface area contributed by atoms with Crippen LogP contribution in [0, 0.1) is 13.8 Å². The first-order valence-electron chi connectivity index (χ1n) is 6.48. The van der Waals surface area contributed by atoms with E-state index < -0.39 is 6.10 Å². The van der Waals surface area contributed by atoms with Crippen LogP contribution in [0.25, 0.3) is 0 Å². The first-order valence-corrected chi connectivity index (χ1v) is 6.48. The van der Waals surface area contributed by atoms with Gasteiger partial charge in [-0.15, -0.1) is 0 Å². The highest BCUT2D eigenvalue weighted by molar-refractivity contribution is 5.81. The van der Waals surface area contributed by atoms with Gasteiger partial charge in [0.1, 0.15) is 5.75 Å². The lowest BCUT2D eigenvalue weighted by molar-refractivity contribution is -0.128. The van der Waals surface area contributed by atoms with Gasteiger partial charge in [0.25, 0.3) is 5.91 Å². The number of nitrogens with one attached hydrogen (secondary N) is 1. The van der Waals surface area contributed by atoms with Gasteiger partial charge in [0.05, 0.1) is 0 Å². The van der Waals surface area contributed by atoms with E-state index in [0.29, 0.717) is 6.42 Å². The second-order valence-electron chi connectivity index (χ2n) is 4.95. The van der Waals surface area contributed by atoms with Crippen LogP contribution in [-0.2, 0) is 4.79 Å². The van der Waals surface area contributed by atoms with Crippen LogP contribution in [0.1, 0.15) is 38.3 Å². The van der Waals surface area contributed by atoms with Crippen molar-refractivity contribution in [3.05, 3.63) is 29.3 Å². The summed E-state index contributed by atoms with van der Waals surface area (Å²) in [6.45, 7) is 9.85. The van der Waals surface area contributed by atoms with Crippen molar-refractivity contribution in [1.29, 1.82) is 0 Å². The van der Waals surface area contributed by atoms with Crippen molar-refractivity contribution < 1.29 is 9.53 Å². The smallest absolute Gasteiger partial charge is 0.261 e. The van der Waals surface area contributed by atoms with E-state index >= 15 is 0 Å². The standard InChI is InChI=1S/C15H23NO2/c1-6-13(15(17)16-10(2)3)18-14-9-11(4)7-8-12(14)5/h7-10,13H,6H2,1-5H3,(H,16,17)/t13-/m1/s1. The maximum atomic E-state index is 11.9. The fourth-order valence-corrected chi connectivity index (χ4v) is 1.69. The van der Waals surface area contributed by atoms with Gasteiger partial charge in [-0.2, -0.15) is 0 Å². The molecular formula is C15H23NO2. The summed E-state index contributed by atoms with van der Waals surface area (Å²) in [5.41, 5.74) is 2.19. The van der Waals surface area contributed by atoms with Gasteiger partial charge in [0.2, 0.25) is 0 Å². The van der Waals surface area contributed by atoms with Crippen molar-refractivity contribution in [3.63, 3.8) is 0 Å². The molecule has 1 aromatic rings. The van der Waals surface area contributed by atoms with Crippen LogP contribution < -0.4 is 10.1 Å². The largest absolute Gasteiger partial charge is 0.480 e. The molecule has 0 aliphatic rings. The predicted molar refractivity (Wildman–Crippen MR) is 73.9 cm³/mol. The summed E-state index contributed by atoms with van der Waals surface area (Å²) in [7, 11) is 0. The molecule has 0 heterocycles. The average Bonchev–Trinajstić information content (AvgIpc) is 2.29. The molecule has 0 radical (unpaired) electrons. The minimum absolute atomic E-state index is 0.0478. The number of rotatable bonds is 5. The van der Waals surface area contributed by atoms with Gasteiger partial charge in [-0.25, -0.2) is 0 Å². The molecule has 0 bridgehead atoms. The first-order chi connectivity index (χ1) is 8.43. The first kappa shape index (κ1) is 14.6. The molecule has 0 unspecified atom stereocenters. The quantitative estimate of drug-likeness (QED) is 0.871. The van der Waals surface area contributed by atoms with Crippen LogP contribution in [0.5, 0.6) is 5.75 Å². The van der Waals surface area contributed by atoms with Crippen molar-refractivity contribution >= 4 is 5.91 Å². The van der Waals surface area contributed by atoms with Crippen molar-refractivity contribution in [3.8, 4) is 5.75 Å². The molecule has 1 amide bonds. The summed E-state index contributed by atoms with van der Waals surface area (Å²) in [4.78, 5) is 11.9. The van der Waals surface area contributed by atoms with Gasteiger partial charge in [-0.1, -0.05) is 19.1 Å². The third-order valence-corrected chi connectivity index (χ3v) is 2.71. The minimum Gasteiger partial charge on any atom is -0.480 e. The van der Waals surface area contributed by atoms with Crippen LogP contribution in [0.2, 0.25) is 0 Å². The molecule has 1 rings (SSSR count). The molecule has 0 saturated carbocycles. The Balaban J connectivity index is 2.79. The molecule has 0 aliphatic carbocycles. The number of hydrogen-bond donors (Lipinski definition) is 1. The van der Waals surface area contributed by atoms with Gasteiger partial charge in [0.15, 0.2) is 6.10 Å². The van der Waals surface area contributed by atoms with E-state index in [9.17, 15) is 4.79 Å². The maximum absolute atomic E-state index is 11.9. The summed E-state index contributed by atoms with van der Waals surface area (Å²) in [6, 6.07) is 6.16. The summed E-state index contributed by atoms with van der Waals surface area (Å²) >= 11 is 0. The molecular weight excluding hydrogens is 226 g/mol. The molecule has 100 valence electrons. The van der Waals surface area contributed by atoms with Gasteiger partial charge in [-0.3, -0.25) is 4.79 Å². The Hall–Kier alpha value is -1.51. The minimum atomic E-state index is -0.423. The number of benzene rings is 1. The van der Waals surface area contributed by atoms with Crippen molar-refractivity contribution in [2.24, 2.45) is 0 Å². The van der Waals surface area contributed by atoms with Crippen LogP contribution in [0.4, 0.5) is 0 Å². The van der Waals surface area contributed by atoms with Gasteiger partial charge < -0.3 is 10.1 Å². The highest BCUT2D eigenvalue weighted by Gasteiger charge is 2.19. The lowest BCUT2D eigenvalue weighted by Gasteiger charge is -2.20. The van der Waals surface area contributed by atoms with E-state index in [2.05, 4.69) is 5.32 Å². The Morgan fingerprint density at radius 3 is 2.56 bits per heavy atom. The molecule has 1 N–H and O–H groups in total. The molecule has 0 fully saturated rings. The molecule has 18 heavy (non-hydrogen) atoms. The average molecular weight is 249 g/mol. The Morgan fingerprint density at radius 2 is 2.00 bits per heavy atom. The lowest BCUT2D eigenvalue weighted by atomic mass is 10.1. The third kappa shape index (κ3) is 4.06. The zero-order chi connectivity index (χ0) is 13.7. The van der Waals surface area contributed by atoms with Crippen LogP contribution in [0.3, 0.4) is 0 Å². The van der Waals surface area contributed by atoms with Crippen molar-refractivity contribution in [2.75, 3.05) is 0 Å². The molecule has 1 atom stereocenters. The molecule has 3 heteroatoms. The number of hydrogen-bond acceptors (Lipinski definition) is 2. The van der Waals surface area contributed by atoms with E-state index in [1.165, 1.54) is 0 Å². The van der Waals surface area contributed by atoms with Gasteiger partial charge in [-0.05, 0) is 51.3 Å². The number of carbonyl (C=O) groups is 1. The molecule has 0 saturated heterocycles. The van der Waals surface area contributed by atoms with Gasteiger partial charge in [0, 0.05) is 6.04 Å². The van der Waals surface area contributed by atoms with Crippen LogP contribution in [-0.4, -0.2) is 18.1 Å². The summed E-state index contributed by atoms with van der Waals surface area (Å²) in [6.07, 6.45) is 0.235. The van der Waals surface area contributed by atoms with Gasteiger partial charge >= 0.3 is 0 Å². The molecule has 0 spiro atoms. The summed E-state index contributed by atoms with van der Waals surface area (Å²) < 4.78 is 5.83. The Bertz CT molecular complexity index is 413. The summed E-state index contributed by atoms with van der Waals surface area (Å²) in [5, 5.41) is 2.88. The zero-order valence-electron chi connectivity index (χ0n) is 11.9. The molecule has 1 aromatic carbocycles. The van der Waals surface area contributed by atoms with E-state index in [4.69, 9.17) is 4.74 Å². The van der Waals surface area contributed by atoms with Crippen LogP contribution >= 0.6 is 0 Å². The third-order valence-electron chi connectivity index (χ3n) is 2.71. The topological polar surface area (TPSA) is 38.3 Å². The molecule has 0 aromatic heterocycles. The monoisotopic (exact) mass is 249 g/mol. The second kappa shape index (κ2) is 6.43. The number of amides is 1. The normalized spacial score (nSPS) is 12.3. The van der Waals surface area contributed by atoms with E-state index in [1.54, 1.807) is 0 Å². The number of aryl methyl sites for hydroxylation is 2. The lowest BCUT2D eigenvalue weighted by Crippen LogP contribution is -2.41. The van der Waals surface area contributed by atoms with E-state index in [-0.39, 0.29) is 11.9 Å². The maximum Gasteiger partial charge on any atom is 0.261 e. The van der Waals surface area contributed by atoms with E-state index in [0.717, 1.165) is 16.9 Å². The SMILES string of the molecule is CC[C@@H](Oc1cc(C)ccc1C)C(=O)NC(C)C. The zero-order valence-corrected chi connectivity index (χ0v) is 11.9. The van der Waals surface area contributed by atoms with Crippen molar-refractivity contribution in [1.82, 2.24) is 5.32 Å². The Labute approximate surface area is 110 Å². The number of carbonyl (C=O) groups excluding carboxylic acids is 1. The molecule has 0 aliphatic heterocycles. The number of ether oxygens (including phenoxy) is 1. The Morgan fingerprint density at radius 1 is 1.33 bits per heavy atom. The summed E-state index contributed by atoms with van der Waals surface area (Å²) in [5.74, 6) is 0.745. The Kier molecular flexibility index (Phi) is 5.20. The fourth-order valence-electron chi connectivity index (χ4n) is 1.69. The molecule has 3 nitrogen and oxygen atoms in total. The highest BCUT2D eigenvalue weighted by Crippen LogP contribution is 2.21. The highest BCUT2D eigenvalue weighted by atomic mass is 16.5. The van der Waals surface area contributed by atoms with E-state index in [1.807, 2.05) is 52.8 Å². The van der Waals surface area contributed by atoms with Crippen molar-refractivity contribution in [2.45, 2.75) is 53.2 Å². The second-order valence-corrected chi connectivity index (χ2v) is 4.95. The van der Waals surface area contributed by atoms with Crippen LogP contribution in [0.15, 0.2) is 18.2 Å².